The quantitative estimate of drug-likeness (QED) is 0.704. The molecule has 14 heavy (non-hydrogen) atoms. The first-order chi connectivity index (χ1) is 6.74. The molecule has 0 radical (unpaired) electrons. The van der Waals surface area contributed by atoms with Crippen molar-refractivity contribution in [3.63, 3.8) is 0 Å². The highest BCUT2D eigenvalue weighted by atomic mass is 19.1. The lowest BCUT2D eigenvalue weighted by Gasteiger charge is -2.06. The van der Waals surface area contributed by atoms with Gasteiger partial charge in [0.25, 0.3) is 0 Å². The normalized spacial score (nSPS) is 12.4. The largest absolute Gasteiger partial charge is 0.296 e. The number of Topliss-reactive ketones (excluding diaryl/α,β-unsaturated/α-hetero) is 1. The van der Waals surface area contributed by atoms with Gasteiger partial charge in [-0.1, -0.05) is 37.3 Å². The fourth-order valence-corrected chi connectivity index (χ4v) is 1.34. The Morgan fingerprint density at radius 3 is 2.57 bits per heavy atom. The highest BCUT2D eigenvalue weighted by molar-refractivity contribution is 5.83. The van der Waals surface area contributed by atoms with Crippen LogP contribution < -0.4 is 0 Å². The summed E-state index contributed by atoms with van der Waals surface area (Å²) in [4.78, 5) is 11.2. The molecule has 1 aromatic carbocycles. The summed E-state index contributed by atoms with van der Waals surface area (Å²) < 4.78 is 13.3. The van der Waals surface area contributed by atoms with Gasteiger partial charge < -0.3 is 0 Å². The smallest absolute Gasteiger partial charge is 0.167 e. The lowest BCUT2D eigenvalue weighted by molar-refractivity contribution is -0.123. The van der Waals surface area contributed by atoms with Gasteiger partial charge in [0.05, 0.1) is 0 Å². The van der Waals surface area contributed by atoms with Gasteiger partial charge in [0.2, 0.25) is 0 Å². The topological polar surface area (TPSA) is 17.1 Å². The van der Waals surface area contributed by atoms with Crippen molar-refractivity contribution in [2.75, 3.05) is 0 Å². The van der Waals surface area contributed by atoms with Crippen molar-refractivity contribution in [3.8, 4) is 0 Å². The Bertz CT molecular complexity index is 282. The zero-order valence-electron chi connectivity index (χ0n) is 8.37. The molecular formula is C12H15FO. The molecule has 0 saturated heterocycles. The monoisotopic (exact) mass is 194 g/mol. The summed E-state index contributed by atoms with van der Waals surface area (Å²) in [6.07, 6.45) is -0.0702. The van der Waals surface area contributed by atoms with Crippen LogP contribution in [0.15, 0.2) is 30.3 Å². The van der Waals surface area contributed by atoms with Crippen molar-refractivity contribution in [1.82, 2.24) is 0 Å². The van der Waals surface area contributed by atoms with Crippen LogP contribution in [0, 0.1) is 0 Å². The van der Waals surface area contributed by atoms with Crippen LogP contribution in [0.25, 0.3) is 0 Å². The van der Waals surface area contributed by atoms with Gasteiger partial charge in [0, 0.05) is 12.8 Å². The number of carbonyl (C=O) groups excluding carboxylic acids is 1. The Morgan fingerprint density at radius 1 is 1.36 bits per heavy atom. The molecule has 1 rings (SSSR count). The Labute approximate surface area is 83.9 Å². The van der Waals surface area contributed by atoms with Gasteiger partial charge in [0.15, 0.2) is 12.0 Å². The number of ketones is 1. The number of hydrogen-bond acceptors (Lipinski definition) is 1. The number of rotatable bonds is 5. The summed E-state index contributed by atoms with van der Waals surface area (Å²) in [7, 11) is 0. The van der Waals surface area contributed by atoms with E-state index in [0.717, 1.165) is 5.56 Å². The first-order valence-electron chi connectivity index (χ1n) is 4.94. The minimum absolute atomic E-state index is 0.208. The summed E-state index contributed by atoms with van der Waals surface area (Å²) >= 11 is 0. The SMILES string of the molecule is CCCC(=O)[C@H](F)Cc1ccccc1. The highest BCUT2D eigenvalue weighted by Crippen LogP contribution is 2.08. The van der Waals surface area contributed by atoms with Crippen LogP contribution in [0.2, 0.25) is 0 Å². The number of alkyl halides is 1. The summed E-state index contributed by atoms with van der Waals surface area (Å²) in [5.74, 6) is -0.281. The third kappa shape index (κ3) is 3.29. The van der Waals surface area contributed by atoms with Gasteiger partial charge in [-0.2, -0.15) is 0 Å². The number of hydrogen-bond donors (Lipinski definition) is 0. The molecule has 0 spiro atoms. The molecule has 0 heterocycles. The molecule has 0 amide bonds. The summed E-state index contributed by atoms with van der Waals surface area (Å²) in [6, 6.07) is 9.26. The average Bonchev–Trinajstić information content (AvgIpc) is 2.19. The maximum atomic E-state index is 13.3. The van der Waals surface area contributed by atoms with Gasteiger partial charge in [0.1, 0.15) is 0 Å². The van der Waals surface area contributed by atoms with Crippen molar-refractivity contribution in [1.29, 1.82) is 0 Å². The molecule has 1 nitrogen and oxygen atoms in total. The van der Waals surface area contributed by atoms with Crippen molar-refractivity contribution in [2.24, 2.45) is 0 Å². The zero-order valence-corrected chi connectivity index (χ0v) is 8.37. The Kier molecular flexibility index (Phi) is 4.30. The molecule has 0 unspecified atom stereocenters. The average molecular weight is 194 g/mol. The minimum Gasteiger partial charge on any atom is -0.296 e. The first-order valence-corrected chi connectivity index (χ1v) is 4.94. The molecule has 0 fully saturated rings. The lowest BCUT2D eigenvalue weighted by atomic mass is 10.0. The van der Waals surface area contributed by atoms with E-state index >= 15 is 0 Å². The fraction of sp³-hybridized carbons (Fsp3) is 0.417. The van der Waals surface area contributed by atoms with Crippen LogP contribution in [0.1, 0.15) is 25.3 Å². The Balaban J connectivity index is 2.49. The van der Waals surface area contributed by atoms with Crippen LogP contribution in [-0.4, -0.2) is 12.0 Å². The molecule has 0 saturated carbocycles. The second kappa shape index (κ2) is 5.53. The molecule has 0 aliphatic carbocycles. The summed E-state index contributed by atoms with van der Waals surface area (Å²) in [6.45, 7) is 1.88. The van der Waals surface area contributed by atoms with E-state index in [1.54, 1.807) is 0 Å². The maximum absolute atomic E-state index is 13.3. The van der Waals surface area contributed by atoms with E-state index in [9.17, 15) is 9.18 Å². The molecule has 0 aromatic heterocycles. The highest BCUT2D eigenvalue weighted by Gasteiger charge is 2.15. The van der Waals surface area contributed by atoms with E-state index < -0.39 is 6.17 Å². The predicted molar refractivity (Wildman–Crippen MR) is 55.0 cm³/mol. The molecule has 0 aliphatic rings. The van der Waals surface area contributed by atoms with Crippen molar-refractivity contribution in [3.05, 3.63) is 35.9 Å². The van der Waals surface area contributed by atoms with E-state index in [1.807, 2.05) is 37.3 Å². The molecule has 1 atom stereocenters. The van der Waals surface area contributed by atoms with E-state index in [1.165, 1.54) is 0 Å². The van der Waals surface area contributed by atoms with Gasteiger partial charge in [-0.05, 0) is 12.0 Å². The van der Waals surface area contributed by atoms with E-state index in [0.29, 0.717) is 12.8 Å². The van der Waals surface area contributed by atoms with Crippen molar-refractivity contribution < 1.29 is 9.18 Å². The number of benzene rings is 1. The molecule has 76 valence electrons. The molecule has 1 aromatic rings. The second-order valence-electron chi connectivity index (χ2n) is 3.37. The first kappa shape index (κ1) is 10.9. The molecular weight excluding hydrogens is 179 g/mol. The molecule has 0 bridgehead atoms. The van der Waals surface area contributed by atoms with Crippen LogP contribution in [0.5, 0.6) is 0 Å². The second-order valence-corrected chi connectivity index (χ2v) is 3.37. The molecule has 0 aliphatic heterocycles. The van der Waals surface area contributed by atoms with Crippen LogP contribution in [0.3, 0.4) is 0 Å². The Hall–Kier alpha value is -1.18. The summed E-state index contributed by atoms with van der Waals surface area (Å²) in [5.41, 5.74) is 0.879. The van der Waals surface area contributed by atoms with E-state index in [-0.39, 0.29) is 12.2 Å². The maximum Gasteiger partial charge on any atom is 0.167 e. The third-order valence-electron chi connectivity index (χ3n) is 2.10. The van der Waals surface area contributed by atoms with Gasteiger partial charge >= 0.3 is 0 Å². The third-order valence-corrected chi connectivity index (χ3v) is 2.10. The molecule has 0 N–H and O–H groups in total. The van der Waals surface area contributed by atoms with Gasteiger partial charge in [-0.3, -0.25) is 4.79 Å². The van der Waals surface area contributed by atoms with E-state index in [2.05, 4.69) is 0 Å². The Morgan fingerprint density at radius 2 is 2.00 bits per heavy atom. The summed E-state index contributed by atoms with van der Waals surface area (Å²) in [5, 5.41) is 0. The fourth-order valence-electron chi connectivity index (χ4n) is 1.34. The molecule has 2 heteroatoms. The van der Waals surface area contributed by atoms with Gasteiger partial charge in [-0.15, -0.1) is 0 Å². The minimum atomic E-state index is -1.34. The van der Waals surface area contributed by atoms with Crippen LogP contribution >= 0.6 is 0 Å². The van der Waals surface area contributed by atoms with E-state index in [4.69, 9.17) is 0 Å². The van der Waals surface area contributed by atoms with Crippen LogP contribution in [-0.2, 0) is 11.2 Å². The lowest BCUT2D eigenvalue weighted by Crippen LogP contribution is -2.17. The van der Waals surface area contributed by atoms with Crippen LogP contribution in [0.4, 0.5) is 4.39 Å². The zero-order chi connectivity index (χ0) is 10.4. The number of carbonyl (C=O) groups is 1. The van der Waals surface area contributed by atoms with Gasteiger partial charge in [-0.25, -0.2) is 4.39 Å². The predicted octanol–water partition coefficient (Wildman–Crippen LogP) is 2.94. The standard InChI is InChI=1S/C12H15FO/c1-2-6-12(14)11(13)9-10-7-4-3-5-8-10/h3-5,7-8,11H,2,6,9H2,1H3/t11-/m1/s1. The number of halogens is 1. The van der Waals surface area contributed by atoms with Crippen molar-refractivity contribution >= 4 is 5.78 Å². The van der Waals surface area contributed by atoms with Crippen molar-refractivity contribution in [2.45, 2.75) is 32.4 Å².